The monoisotopic (exact) mass is 628 g/mol. The third-order valence-corrected chi connectivity index (χ3v) is 8.74. The molecule has 0 saturated carbocycles. The van der Waals surface area contributed by atoms with Crippen molar-refractivity contribution in [1.29, 1.82) is 0 Å². The first-order chi connectivity index (χ1) is 20.2. The Morgan fingerprint density at radius 3 is 0.881 bits per heavy atom. The van der Waals surface area contributed by atoms with Gasteiger partial charge in [-0.3, -0.25) is 0 Å². The lowest BCUT2D eigenvalue weighted by molar-refractivity contribution is 0.122. The molecule has 6 rings (SSSR count). The molecule has 0 aromatic heterocycles. The van der Waals surface area contributed by atoms with Crippen molar-refractivity contribution in [3.05, 3.63) is 187 Å². The maximum absolute atomic E-state index is 12.9. The summed E-state index contributed by atoms with van der Waals surface area (Å²) < 4.78 is 0. The van der Waals surface area contributed by atoms with Crippen LogP contribution in [0.1, 0.15) is 33.4 Å². The van der Waals surface area contributed by atoms with Gasteiger partial charge < -0.3 is 10.2 Å². The van der Waals surface area contributed by atoms with Crippen LogP contribution in [-0.4, -0.2) is 10.2 Å². The molecule has 2 N–H and O–H groups in total. The highest BCUT2D eigenvalue weighted by molar-refractivity contribution is 6.31. The van der Waals surface area contributed by atoms with E-state index in [-0.39, 0.29) is 0 Å². The first-order valence-electron chi connectivity index (χ1n) is 13.2. The van der Waals surface area contributed by atoms with Gasteiger partial charge in [0.25, 0.3) is 0 Å². The minimum absolute atomic E-state index is 0.552. The average molecular weight is 630 g/mol. The van der Waals surface area contributed by atoms with E-state index < -0.39 is 11.2 Å². The number of rotatable bonds is 6. The summed E-state index contributed by atoms with van der Waals surface area (Å²) in [6, 6.07) is 40.0. The molecule has 42 heavy (non-hydrogen) atoms. The first-order valence-corrected chi connectivity index (χ1v) is 14.7. The third-order valence-electron chi connectivity index (χ3n) is 7.73. The van der Waals surface area contributed by atoms with Crippen molar-refractivity contribution in [3.8, 4) is 0 Å². The topological polar surface area (TPSA) is 40.5 Å². The van der Waals surface area contributed by atoms with Gasteiger partial charge in [-0.2, -0.15) is 0 Å². The van der Waals surface area contributed by atoms with Crippen LogP contribution in [-0.2, 0) is 11.2 Å². The summed E-state index contributed by atoms with van der Waals surface area (Å²) in [5, 5.41) is 29.6. The van der Waals surface area contributed by atoms with E-state index >= 15 is 0 Å². The van der Waals surface area contributed by atoms with Gasteiger partial charge >= 0.3 is 0 Å². The molecular formula is C36H24Cl4O2. The molecule has 2 nitrogen and oxygen atoms in total. The van der Waals surface area contributed by atoms with Gasteiger partial charge in [-0.15, -0.1) is 0 Å². The van der Waals surface area contributed by atoms with E-state index in [1.165, 1.54) is 0 Å². The zero-order valence-electron chi connectivity index (χ0n) is 22.1. The summed E-state index contributed by atoms with van der Waals surface area (Å²) in [5.41, 5.74) is 0.340. The number of halogens is 4. The largest absolute Gasteiger partial charge is 0.376 e. The van der Waals surface area contributed by atoms with Crippen LogP contribution >= 0.6 is 46.4 Å². The fourth-order valence-corrected chi connectivity index (χ4v) is 6.17. The molecule has 208 valence electrons. The normalized spacial score (nSPS) is 12.0. The van der Waals surface area contributed by atoms with Crippen LogP contribution in [0.5, 0.6) is 0 Å². The summed E-state index contributed by atoms with van der Waals surface area (Å²) in [5.74, 6) is 0. The number of aliphatic hydroxyl groups is 2. The molecule has 0 radical (unpaired) electrons. The Kier molecular flexibility index (Phi) is 7.80. The van der Waals surface area contributed by atoms with Gasteiger partial charge in [0, 0.05) is 31.2 Å². The van der Waals surface area contributed by atoms with Crippen molar-refractivity contribution >= 4 is 57.2 Å². The smallest absolute Gasteiger partial charge is 0.141 e. The molecule has 6 aromatic carbocycles. The Morgan fingerprint density at radius 2 is 0.619 bits per heavy atom. The van der Waals surface area contributed by atoms with Gasteiger partial charge in [-0.25, -0.2) is 0 Å². The van der Waals surface area contributed by atoms with Crippen LogP contribution in [0.15, 0.2) is 133 Å². The van der Waals surface area contributed by atoms with Crippen LogP contribution in [0, 0.1) is 0 Å². The Bertz CT molecular complexity index is 1640. The molecule has 6 aromatic rings. The van der Waals surface area contributed by atoms with Crippen LogP contribution < -0.4 is 0 Å². The summed E-state index contributed by atoms with van der Waals surface area (Å²) in [6.07, 6.45) is 0. The highest BCUT2D eigenvalue weighted by Crippen LogP contribution is 2.46. The van der Waals surface area contributed by atoms with Gasteiger partial charge in [-0.1, -0.05) is 131 Å². The van der Waals surface area contributed by atoms with E-state index in [4.69, 9.17) is 46.4 Å². The highest BCUT2D eigenvalue weighted by atomic mass is 35.5. The van der Waals surface area contributed by atoms with E-state index in [0.717, 1.165) is 5.39 Å². The standard InChI is InChI=1S/C36H24Cl4O2/c37-28-15-7-24(8-16-28)35(41,25-9-17-29(38)18-10-25)32-5-1-3-23-4-2-6-33(34(23)32)36(42,26-11-19-30(39)20-12-26)27-13-21-31(40)22-14-27/h1-22,41-42H. The molecule has 0 unspecified atom stereocenters. The van der Waals surface area contributed by atoms with Gasteiger partial charge in [0.1, 0.15) is 11.2 Å². The molecule has 0 saturated heterocycles. The molecule has 0 heterocycles. The van der Waals surface area contributed by atoms with Gasteiger partial charge in [0.05, 0.1) is 0 Å². The van der Waals surface area contributed by atoms with Crippen LogP contribution in [0.3, 0.4) is 0 Å². The lowest BCUT2D eigenvalue weighted by atomic mass is 9.73. The molecule has 0 amide bonds. The Balaban J connectivity index is 1.73. The SMILES string of the molecule is OC(c1ccc(Cl)cc1)(c1ccc(Cl)cc1)c1cccc2cccc(C(O)(c3ccc(Cl)cc3)c3ccc(Cl)cc3)c12. The number of hydrogen-bond acceptors (Lipinski definition) is 2. The van der Waals surface area contributed by atoms with Crippen molar-refractivity contribution in [2.75, 3.05) is 0 Å². The zero-order valence-corrected chi connectivity index (χ0v) is 25.1. The molecule has 0 aliphatic carbocycles. The minimum Gasteiger partial charge on any atom is -0.376 e. The molecule has 0 atom stereocenters. The number of benzene rings is 6. The second-order valence-corrected chi connectivity index (χ2v) is 11.9. The predicted octanol–water partition coefficient (Wildman–Crippen LogP) is 10.0. The van der Waals surface area contributed by atoms with Crippen molar-refractivity contribution in [1.82, 2.24) is 0 Å². The molecular weight excluding hydrogens is 606 g/mol. The molecule has 0 aliphatic rings. The summed E-state index contributed by atoms with van der Waals surface area (Å²) in [4.78, 5) is 0. The second kappa shape index (κ2) is 11.4. The predicted molar refractivity (Wildman–Crippen MR) is 174 cm³/mol. The molecule has 6 heteroatoms. The number of fused-ring (bicyclic) bond motifs is 1. The molecule has 0 fully saturated rings. The fraction of sp³-hybridized carbons (Fsp3) is 0.0556. The van der Waals surface area contributed by atoms with Gasteiger partial charge in [-0.05, 0) is 81.6 Å². The molecule has 0 bridgehead atoms. The summed E-state index contributed by atoms with van der Waals surface area (Å²) in [6.45, 7) is 0. The van der Waals surface area contributed by atoms with Crippen LogP contribution in [0.2, 0.25) is 20.1 Å². The Hall–Kier alpha value is -3.34. The second-order valence-electron chi connectivity index (χ2n) is 10.2. The van der Waals surface area contributed by atoms with E-state index in [0.29, 0.717) is 58.9 Å². The van der Waals surface area contributed by atoms with Crippen LogP contribution in [0.25, 0.3) is 10.8 Å². The lowest BCUT2D eigenvalue weighted by Gasteiger charge is -2.35. The molecule has 0 spiro atoms. The van der Waals surface area contributed by atoms with Crippen LogP contribution in [0.4, 0.5) is 0 Å². The minimum atomic E-state index is -1.63. The lowest BCUT2D eigenvalue weighted by Crippen LogP contribution is -2.32. The average Bonchev–Trinajstić information content (AvgIpc) is 3.01. The fourth-order valence-electron chi connectivity index (χ4n) is 5.66. The third kappa shape index (κ3) is 4.99. The van der Waals surface area contributed by atoms with Crippen molar-refractivity contribution in [3.63, 3.8) is 0 Å². The Morgan fingerprint density at radius 1 is 0.357 bits per heavy atom. The van der Waals surface area contributed by atoms with Gasteiger partial charge in [0.2, 0.25) is 0 Å². The van der Waals surface area contributed by atoms with E-state index in [1.807, 2.05) is 84.9 Å². The Labute approximate surface area is 264 Å². The van der Waals surface area contributed by atoms with Crippen molar-refractivity contribution in [2.45, 2.75) is 11.2 Å². The highest BCUT2D eigenvalue weighted by Gasteiger charge is 2.40. The number of hydrogen-bond donors (Lipinski definition) is 2. The van der Waals surface area contributed by atoms with Crippen molar-refractivity contribution in [2.24, 2.45) is 0 Å². The summed E-state index contributed by atoms with van der Waals surface area (Å²) >= 11 is 25.0. The maximum Gasteiger partial charge on any atom is 0.141 e. The maximum atomic E-state index is 12.9. The van der Waals surface area contributed by atoms with E-state index in [1.54, 1.807) is 48.5 Å². The summed E-state index contributed by atoms with van der Waals surface area (Å²) in [7, 11) is 0. The van der Waals surface area contributed by atoms with E-state index in [9.17, 15) is 10.2 Å². The first kappa shape index (κ1) is 28.8. The van der Waals surface area contributed by atoms with Gasteiger partial charge in [0.15, 0.2) is 0 Å². The van der Waals surface area contributed by atoms with Crippen molar-refractivity contribution < 1.29 is 10.2 Å². The quantitative estimate of drug-likeness (QED) is 0.180. The van der Waals surface area contributed by atoms with E-state index in [2.05, 4.69) is 0 Å². The zero-order chi connectivity index (χ0) is 29.5. The molecule has 0 aliphatic heterocycles.